The fourth-order valence-corrected chi connectivity index (χ4v) is 4.57. The van der Waals surface area contributed by atoms with Crippen molar-refractivity contribution in [1.82, 2.24) is 9.88 Å². The van der Waals surface area contributed by atoms with Crippen LogP contribution in [0.2, 0.25) is 0 Å². The Labute approximate surface area is 199 Å². The highest BCUT2D eigenvalue weighted by Crippen LogP contribution is 2.27. The quantitative estimate of drug-likeness (QED) is 0.375. The fourth-order valence-electron chi connectivity index (χ4n) is 4.57. The van der Waals surface area contributed by atoms with Crippen LogP contribution in [0.5, 0.6) is 0 Å². The maximum atomic E-state index is 14.8. The molecular formula is C29H28FN3O. The van der Waals surface area contributed by atoms with Gasteiger partial charge in [-0.25, -0.2) is 4.39 Å². The van der Waals surface area contributed by atoms with E-state index >= 15 is 0 Å². The molecule has 172 valence electrons. The number of hydrogen-bond donors (Lipinski definition) is 1. The van der Waals surface area contributed by atoms with Crippen molar-refractivity contribution in [3.63, 3.8) is 0 Å². The third kappa shape index (κ3) is 4.70. The number of amides is 1. The van der Waals surface area contributed by atoms with Crippen LogP contribution < -0.4 is 5.32 Å². The monoisotopic (exact) mass is 453 g/mol. The first-order valence-corrected chi connectivity index (χ1v) is 11.8. The predicted octanol–water partition coefficient (Wildman–Crippen LogP) is 6.51. The van der Waals surface area contributed by atoms with E-state index in [9.17, 15) is 9.18 Å². The summed E-state index contributed by atoms with van der Waals surface area (Å²) in [6.07, 6.45) is 4.45. The van der Waals surface area contributed by atoms with E-state index in [0.29, 0.717) is 11.3 Å². The number of carbonyl (C=O) groups is 1. The molecular weight excluding hydrogens is 425 g/mol. The average Bonchev–Trinajstić information content (AvgIpc) is 3.33. The summed E-state index contributed by atoms with van der Waals surface area (Å²) < 4.78 is 14.8. The number of hydrogen-bond acceptors (Lipinski definition) is 3. The summed E-state index contributed by atoms with van der Waals surface area (Å²) in [5.74, 6) is -0.763. The lowest BCUT2D eigenvalue weighted by Gasteiger charge is -2.15. The summed E-state index contributed by atoms with van der Waals surface area (Å²) >= 11 is 0. The van der Waals surface area contributed by atoms with Gasteiger partial charge in [0.05, 0.1) is 5.52 Å². The molecule has 0 unspecified atom stereocenters. The van der Waals surface area contributed by atoms with Gasteiger partial charge in [-0.2, -0.15) is 0 Å². The van der Waals surface area contributed by atoms with Gasteiger partial charge >= 0.3 is 0 Å². The van der Waals surface area contributed by atoms with E-state index in [0.717, 1.165) is 47.2 Å². The second kappa shape index (κ2) is 9.35. The van der Waals surface area contributed by atoms with Gasteiger partial charge < -0.3 is 5.32 Å². The average molecular weight is 454 g/mol. The standard InChI is InChI=1S/C29H28FN3O/c1-19-5-7-22(8-6-19)25-10-9-23(15-26(25)30)29(34)32-27-16-28-24(13-20(27)2)14-21(17-31-28)18-33-11-3-4-12-33/h5-10,13-17H,3-4,11-12,18H2,1-2H3,(H,32,34). The minimum atomic E-state index is -0.418. The van der Waals surface area contributed by atoms with E-state index in [1.807, 2.05) is 56.4 Å². The first-order chi connectivity index (χ1) is 16.5. The largest absolute Gasteiger partial charge is 0.322 e. The van der Waals surface area contributed by atoms with E-state index in [1.165, 1.54) is 24.5 Å². The number of halogens is 1. The SMILES string of the molecule is Cc1ccc(-c2ccc(C(=O)Nc3cc4ncc(CN5CCCC5)cc4cc3C)cc2F)cc1. The molecule has 0 spiro atoms. The number of rotatable bonds is 5. The van der Waals surface area contributed by atoms with E-state index < -0.39 is 5.82 Å². The molecule has 5 rings (SSSR count). The molecule has 0 aliphatic carbocycles. The fraction of sp³-hybridized carbons (Fsp3) is 0.241. The highest BCUT2D eigenvalue weighted by atomic mass is 19.1. The first-order valence-electron chi connectivity index (χ1n) is 11.8. The number of aromatic nitrogens is 1. The van der Waals surface area contributed by atoms with Crippen LogP contribution in [0.4, 0.5) is 10.1 Å². The molecule has 2 heterocycles. The minimum Gasteiger partial charge on any atom is -0.322 e. The Morgan fingerprint density at radius 3 is 2.50 bits per heavy atom. The van der Waals surface area contributed by atoms with Crippen molar-refractivity contribution in [2.75, 3.05) is 18.4 Å². The Hall–Kier alpha value is -3.57. The van der Waals surface area contributed by atoms with Gasteiger partial charge in [-0.05, 0) is 86.8 Å². The molecule has 0 saturated carbocycles. The molecule has 3 aromatic carbocycles. The molecule has 4 nitrogen and oxygen atoms in total. The van der Waals surface area contributed by atoms with Gasteiger partial charge in [0.15, 0.2) is 0 Å². The third-order valence-electron chi connectivity index (χ3n) is 6.53. The van der Waals surface area contributed by atoms with Crippen LogP contribution in [0, 0.1) is 19.7 Å². The molecule has 34 heavy (non-hydrogen) atoms. The van der Waals surface area contributed by atoms with Gasteiger partial charge in [0.2, 0.25) is 0 Å². The second-order valence-electron chi connectivity index (χ2n) is 9.20. The van der Waals surface area contributed by atoms with Crippen LogP contribution in [0.3, 0.4) is 0 Å². The summed E-state index contributed by atoms with van der Waals surface area (Å²) in [5.41, 5.74) is 6.31. The van der Waals surface area contributed by atoms with Crippen LogP contribution in [-0.2, 0) is 6.54 Å². The zero-order chi connectivity index (χ0) is 23.7. The summed E-state index contributed by atoms with van der Waals surface area (Å²) in [4.78, 5) is 20.0. The van der Waals surface area contributed by atoms with Gasteiger partial charge in [-0.3, -0.25) is 14.7 Å². The van der Waals surface area contributed by atoms with Crippen molar-refractivity contribution in [3.8, 4) is 11.1 Å². The normalized spacial score (nSPS) is 14.0. The number of carbonyl (C=O) groups excluding carboxylic acids is 1. The topological polar surface area (TPSA) is 45.2 Å². The van der Waals surface area contributed by atoms with Crippen LogP contribution in [0.25, 0.3) is 22.0 Å². The van der Waals surface area contributed by atoms with Crippen LogP contribution in [0.15, 0.2) is 66.9 Å². The second-order valence-corrected chi connectivity index (χ2v) is 9.20. The van der Waals surface area contributed by atoms with Gasteiger partial charge in [0.1, 0.15) is 5.82 Å². The maximum absolute atomic E-state index is 14.8. The maximum Gasteiger partial charge on any atom is 0.255 e. The Balaban J connectivity index is 1.34. The van der Waals surface area contributed by atoms with E-state index in [2.05, 4.69) is 21.3 Å². The molecule has 1 aliphatic heterocycles. The van der Waals surface area contributed by atoms with Gasteiger partial charge in [0.25, 0.3) is 5.91 Å². The highest BCUT2D eigenvalue weighted by Gasteiger charge is 2.15. The Morgan fingerprint density at radius 1 is 1.00 bits per heavy atom. The Bertz CT molecular complexity index is 1360. The number of nitrogens with one attached hydrogen (secondary N) is 1. The highest BCUT2D eigenvalue weighted by molar-refractivity contribution is 6.05. The predicted molar refractivity (Wildman–Crippen MR) is 136 cm³/mol. The zero-order valence-electron chi connectivity index (χ0n) is 19.6. The number of fused-ring (bicyclic) bond motifs is 1. The number of pyridine rings is 1. The van der Waals surface area contributed by atoms with Crippen molar-refractivity contribution in [3.05, 3.63) is 94.9 Å². The molecule has 0 bridgehead atoms. The lowest BCUT2D eigenvalue weighted by Crippen LogP contribution is -2.18. The number of likely N-dealkylation sites (tertiary alicyclic amines) is 1. The van der Waals surface area contributed by atoms with Gasteiger partial charge in [-0.1, -0.05) is 35.9 Å². The summed E-state index contributed by atoms with van der Waals surface area (Å²) in [7, 11) is 0. The molecule has 1 amide bonds. The van der Waals surface area contributed by atoms with Crippen molar-refractivity contribution in [2.45, 2.75) is 33.2 Å². The lowest BCUT2D eigenvalue weighted by molar-refractivity contribution is 0.102. The van der Waals surface area contributed by atoms with Gasteiger partial charge in [-0.15, -0.1) is 0 Å². The number of anilines is 1. The molecule has 0 atom stereocenters. The zero-order valence-corrected chi connectivity index (χ0v) is 19.6. The van der Waals surface area contributed by atoms with Crippen molar-refractivity contribution < 1.29 is 9.18 Å². The van der Waals surface area contributed by atoms with Crippen LogP contribution in [0.1, 0.15) is 39.9 Å². The lowest BCUT2D eigenvalue weighted by atomic mass is 10.0. The Kier molecular flexibility index (Phi) is 6.12. The van der Waals surface area contributed by atoms with Crippen molar-refractivity contribution in [2.24, 2.45) is 0 Å². The Morgan fingerprint density at radius 2 is 1.76 bits per heavy atom. The first kappa shape index (κ1) is 22.2. The third-order valence-corrected chi connectivity index (χ3v) is 6.53. The molecule has 1 aromatic heterocycles. The molecule has 1 N–H and O–H groups in total. The van der Waals surface area contributed by atoms with E-state index in [-0.39, 0.29) is 11.5 Å². The smallest absolute Gasteiger partial charge is 0.255 e. The van der Waals surface area contributed by atoms with Crippen LogP contribution in [-0.4, -0.2) is 28.9 Å². The summed E-state index contributed by atoms with van der Waals surface area (Å²) in [6, 6.07) is 18.4. The summed E-state index contributed by atoms with van der Waals surface area (Å²) in [6.45, 7) is 7.17. The van der Waals surface area contributed by atoms with Gasteiger partial charge in [0, 0.05) is 34.9 Å². The van der Waals surface area contributed by atoms with Crippen molar-refractivity contribution >= 4 is 22.5 Å². The van der Waals surface area contributed by atoms with Crippen molar-refractivity contribution in [1.29, 1.82) is 0 Å². The number of benzene rings is 3. The molecule has 0 radical (unpaired) electrons. The molecule has 5 heteroatoms. The summed E-state index contributed by atoms with van der Waals surface area (Å²) in [5, 5.41) is 3.99. The number of aryl methyl sites for hydroxylation is 2. The molecule has 1 fully saturated rings. The molecule has 1 saturated heterocycles. The number of nitrogens with zero attached hydrogens (tertiary/aromatic N) is 2. The van der Waals surface area contributed by atoms with E-state index in [4.69, 9.17) is 0 Å². The minimum absolute atomic E-state index is 0.279. The molecule has 4 aromatic rings. The molecule has 1 aliphatic rings. The van der Waals surface area contributed by atoms with Crippen LogP contribution >= 0.6 is 0 Å². The van der Waals surface area contributed by atoms with E-state index in [1.54, 1.807) is 12.1 Å².